The molecular formula is C16H22FN5O. The lowest BCUT2D eigenvalue weighted by Gasteiger charge is -2.10. The molecule has 0 fully saturated rings. The Hall–Kier alpha value is -2.44. The second-order valence-corrected chi connectivity index (χ2v) is 5.09. The molecule has 1 aromatic carbocycles. The van der Waals surface area contributed by atoms with Crippen LogP contribution in [0.15, 0.2) is 33.8 Å². The summed E-state index contributed by atoms with van der Waals surface area (Å²) >= 11 is 0. The fourth-order valence-corrected chi connectivity index (χ4v) is 2.04. The van der Waals surface area contributed by atoms with E-state index >= 15 is 0 Å². The van der Waals surface area contributed by atoms with Crippen molar-refractivity contribution in [1.82, 2.24) is 20.8 Å². The zero-order valence-electron chi connectivity index (χ0n) is 13.5. The zero-order chi connectivity index (χ0) is 16.5. The summed E-state index contributed by atoms with van der Waals surface area (Å²) in [6.45, 7) is 5.72. The molecule has 0 saturated carbocycles. The highest BCUT2D eigenvalue weighted by Crippen LogP contribution is 2.04. The highest BCUT2D eigenvalue weighted by atomic mass is 19.1. The summed E-state index contributed by atoms with van der Waals surface area (Å²) in [7, 11) is 0. The summed E-state index contributed by atoms with van der Waals surface area (Å²) < 4.78 is 18.2. The Balaban J connectivity index is 1.79. The van der Waals surface area contributed by atoms with Crippen molar-refractivity contribution in [3.8, 4) is 0 Å². The molecule has 0 bridgehead atoms. The molecule has 7 heteroatoms. The van der Waals surface area contributed by atoms with E-state index in [2.05, 4.69) is 25.8 Å². The zero-order valence-corrected chi connectivity index (χ0v) is 13.5. The van der Waals surface area contributed by atoms with Crippen molar-refractivity contribution in [3.63, 3.8) is 0 Å². The fourth-order valence-electron chi connectivity index (χ4n) is 2.04. The smallest absolute Gasteiger partial charge is 0.226 e. The van der Waals surface area contributed by atoms with E-state index in [1.807, 2.05) is 13.0 Å². The van der Waals surface area contributed by atoms with Gasteiger partial charge in [-0.3, -0.25) is 0 Å². The molecule has 124 valence electrons. The van der Waals surface area contributed by atoms with Crippen LogP contribution in [0.3, 0.4) is 0 Å². The molecule has 2 N–H and O–H groups in total. The first kappa shape index (κ1) is 16.9. The topological polar surface area (TPSA) is 75.3 Å². The largest absolute Gasteiger partial charge is 0.357 e. The Morgan fingerprint density at radius 3 is 2.91 bits per heavy atom. The van der Waals surface area contributed by atoms with Gasteiger partial charge >= 0.3 is 0 Å². The second kappa shape index (κ2) is 8.87. The number of hydrogen-bond donors (Lipinski definition) is 2. The molecule has 0 atom stereocenters. The predicted molar refractivity (Wildman–Crippen MR) is 86.6 cm³/mol. The van der Waals surface area contributed by atoms with E-state index in [1.54, 1.807) is 13.0 Å². The van der Waals surface area contributed by atoms with Crippen LogP contribution < -0.4 is 10.6 Å². The van der Waals surface area contributed by atoms with Gasteiger partial charge in [-0.25, -0.2) is 9.38 Å². The van der Waals surface area contributed by atoms with Crippen molar-refractivity contribution in [1.29, 1.82) is 0 Å². The number of nitrogens with one attached hydrogen (secondary N) is 2. The van der Waals surface area contributed by atoms with Crippen LogP contribution in [-0.2, 0) is 13.0 Å². The third-order valence-electron chi connectivity index (χ3n) is 3.08. The van der Waals surface area contributed by atoms with Crippen LogP contribution in [0.1, 0.15) is 30.6 Å². The molecule has 1 heterocycles. The van der Waals surface area contributed by atoms with Crippen molar-refractivity contribution in [2.75, 3.05) is 13.1 Å². The summed E-state index contributed by atoms with van der Waals surface area (Å²) in [5.74, 6) is 1.76. The van der Waals surface area contributed by atoms with Crippen LogP contribution in [-0.4, -0.2) is 29.2 Å². The van der Waals surface area contributed by atoms with E-state index in [0.717, 1.165) is 31.5 Å². The molecule has 6 nitrogen and oxygen atoms in total. The average molecular weight is 319 g/mol. The van der Waals surface area contributed by atoms with Gasteiger partial charge in [0, 0.05) is 19.5 Å². The molecular weight excluding hydrogens is 297 g/mol. The van der Waals surface area contributed by atoms with E-state index in [-0.39, 0.29) is 5.82 Å². The molecule has 0 aliphatic carbocycles. The highest BCUT2D eigenvalue weighted by Gasteiger charge is 2.03. The fraction of sp³-hybridized carbons (Fsp3) is 0.438. The molecule has 2 rings (SSSR count). The molecule has 0 unspecified atom stereocenters. The lowest BCUT2D eigenvalue weighted by atomic mass is 10.2. The number of guanidine groups is 1. The first-order valence-corrected chi connectivity index (χ1v) is 7.73. The number of halogens is 1. The number of aromatic nitrogens is 2. The van der Waals surface area contributed by atoms with Crippen molar-refractivity contribution in [3.05, 3.63) is 47.4 Å². The number of aliphatic imine (C=N–C) groups is 1. The van der Waals surface area contributed by atoms with Gasteiger partial charge in [0.1, 0.15) is 5.82 Å². The maximum atomic E-state index is 13.2. The summed E-state index contributed by atoms with van der Waals surface area (Å²) in [5.41, 5.74) is 0.837. The standard InChI is InChI=1S/C16H22FN5O/c1-3-18-16(20-11-13-6-4-7-14(17)10-13)19-9-5-8-15-21-12(2)22-23-15/h4,6-7,10H,3,5,8-9,11H2,1-2H3,(H2,18,19,20). The van der Waals surface area contributed by atoms with Gasteiger partial charge in [-0.2, -0.15) is 4.98 Å². The Morgan fingerprint density at radius 2 is 2.22 bits per heavy atom. The van der Waals surface area contributed by atoms with E-state index < -0.39 is 0 Å². The van der Waals surface area contributed by atoms with Crippen LogP contribution in [0, 0.1) is 12.7 Å². The van der Waals surface area contributed by atoms with Crippen LogP contribution in [0.25, 0.3) is 0 Å². The van der Waals surface area contributed by atoms with Crippen molar-refractivity contribution < 1.29 is 8.91 Å². The van der Waals surface area contributed by atoms with Gasteiger partial charge in [0.05, 0.1) is 6.54 Å². The van der Waals surface area contributed by atoms with Crippen LogP contribution in [0.2, 0.25) is 0 Å². The molecule has 2 aromatic rings. The molecule has 0 saturated heterocycles. The first-order valence-electron chi connectivity index (χ1n) is 7.73. The van der Waals surface area contributed by atoms with Crippen LogP contribution in [0.5, 0.6) is 0 Å². The second-order valence-electron chi connectivity index (χ2n) is 5.09. The predicted octanol–water partition coefficient (Wildman–Crippen LogP) is 2.21. The van der Waals surface area contributed by atoms with Gasteiger partial charge in [0.15, 0.2) is 11.8 Å². The number of rotatable bonds is 7. The SMILES string of the molecule is CCNC(=NCc1cccc(F)c1)NCCCc1nc(C)no1. The monoisotopic (exact) mass is 319 g/mol. The number of nitrogens with zero attached hydrogens (tertiary/aromatic N) is 3. The minimum absolute atomic E-state index is 0.245. The third kappa shape index (κ3) is 6.06. The van der Waals surface area contributed by atoms with Gasteiger partial charge in [0.25, 0.3) is 0 Å². The molecule has 0 amide bonds. The molecule has 0 radical (unpaired) electrons. The van der Waals surface area contributed by atoms with E-state index in [0.29, 0.717) is 24.2 Å². The van der Waals surface area contributed by atoms with E-state index in [4.69, 9.17) is 4.52 Å². The minimum atomic E-state index is -0.245. The van der Waals surface area contributed by atoms with Gasteiger partial charge in [-0.1, -0.05) is 17.3 Å². The number of aryl methyl sites for hydroxylation is 2. The normalized spacial score (nSPS) is 11.5. The third-order valence-corrected chi connectivity index (χ3v) is 3.08. The van der Waals surface area contributed by atoms with Crippen molar-refractivity contribution in [2.24, 2.45) is 4.99 Å². The quantitative estimate of drug-likeness (QED) is 0.465. The average Bonchev–Trinajstić information content (AvgIpc) is 2.94. The molecule has 0 aliphatic heterocycles. The summed E-state index contributed by atoms with van der Waals surface area (Å²) in [4.78, 5) is 8.61. The lowest BCUT2D eigenvalue weighted by Crippen LogP contribution is -2.37. The van der Waals surface area contributed by atoms with E-state index in [9.17, 15) is 4.39 Å². The maximum Gasteiger partial charge on any atom is 0.226 e. The number of hydrogen-bond acceptors (Lipinski definition) is 4. The van der Waals surface area contributed by atoms with E-state index in [1.165, 1.54) is 12.1 Å². The molecule has 0 spiro atoms. The van der Waals surface area contributed by atoms with Crippen molar-refractivity contribution in [2.45, 2.75) is 33.2 Å². The summed E-state index contributed by atoms with van der Waals surface area (Å²) in [6, 6.07) is 6.46. The van der Waals surface area contributed by atoms with Crippen molar-refractivity contribution >= 4 is 5.96 Å². The summed E-state index contributed by atoms with van der Waals surface area (Å²) in [5, 5.41) is 10.2. The Kier molecular flexibility index (Phi) is 6.53. The molecule has 0 aliphatic rings. The molecule has 1 aromatic heterocycles. The summed E-state index contributed by atoms with van der Waals surface area (Å²) in [6.07, 6.45) is 1.57. The Bertz CT molecular complexity index is 641. The van der Waals surface area contributed by atoms with Gasteiger partial charge in [-0.15, -0.1) is 0 Å². The minimum Gasteiger partial charge on any atom is -0.357 e. The van der Waals surface area contributed by atoms with Crippen LogP contribution >= 0.6 is 0 Å². The Morgan fingerprint density at radius 1 is 1.35 bits per heavy atom. The van der Waals surface area contributed by atoms with Crippen LogP contribution in [0.4, 0.5) is 4.39 Å². The van der Waals surface area contributed by atoms with Gasteiger partial charge in [-0.05, 0) is 38.0 Å². The lowest BCUT2D eigenvalue weighted by molar-refractivity contribution is 0.372. The highest BCUT2D eigenvalue weighted by molar-refractivity contribution is 5.79. The maximum absolute atomic E-state index is 13.2. The Labute approximate surface area is 135 Å². The van der Waals surface area contributed by atoms with Gasteiger partial charge in [0.2, 0.25) is 5.89 Å². The van der Waals surface area contributed by atoms with Gasteiger partial charge < -0.3 is 15.2 Å². The first-order chi connectivity index (χ1) is 11.2. The molecule has 23 heavy (non-hydrogen) atoms. The number of benzene rings is 1.